The summed E-state index contributed by atoms with van der Waals surface area (Å²) in [6.07, 6.45) is 0.982. The summed E-state index contributed by atoms with van der Waals surface area (Å²) in [6.45, 7) is 9.70. The van der Waals surface area contributed by atoms with Gasteiger partial charge >= 0.3 is 0 Å². The highest BCUT2D eigenvalue weighted by atomic mass is 16.5. The monoisotopic (exact) mass is 278 g/mol. The average Bonchev–Trinajstić information content (AvgIpc) is 2.37. The van der Waals surface area contributed by atoms with Crippen LogP contribution in [-0.4, -0.2) is 19.1 Å². The normalized spacial score (nSPS) is 10.9. The quantitative estimate of drug-likeness (QED) is 0.753. The molecule has 0 unspecified atom stereocenters. The smallest absolute Gasteiger partial charge is 0.251 e. The standard InChI is InChI=1S/C16H26N2O2/c1-11(2)7-8-20-15-6-5-13(9-14(15)17)16(19)18-10-12(3)4/h5-6,9,11-12H,7-8,10,17H2,1-4H3,(H,18,19). The number of ether oxygens (including phenoxy) is 1. The molecule has 0 aliphatic rings. The molecule has 4 heteroatoms. The van der Waals surface area contributed by atoms with Crippen LogP contribution in [0.3, 0.4) is 0 Å². The number of benzene rings is 1. The molecule has 0 heterocycles. The van der Waals surface area contributed by atoms with Crippen molar-refractivity contribution in [1.29, 1.82) is 0 Å². The van der Waals surface area contributed by atoms with Crippen LogP contribution in [0.15, 0.2) is 18.2 Å². The average molecular weight is 278 g/mol. The van der Waals surface area contributed by atoms with Gasteiger partial charge < -0.3 is 15.8 Å². The Labute approximate surface area is 121 Å². The molecule has 0 bridgehead atoms. The van der Waals surface area contributed by atoms with Crippen LogP contribution in [0.4, 0.5) is 5.69 Å². The summed E-state index contributed by atoms with van der Waals surface area (Å²) in [5, 5.41) is 2.87. The molecule has 3 N–H and O–H groups in total. The molecule has 0 aliphatic carbocycles. The molecule has 1 aromatic rings. The van der Waals surface area contributed by atoms with E-state index in [1.165, 1.54) is 0 Å². The number of carbonyl (C=O) groups is 1. The topological polar surface area (TPSA) is 64.3 Å². The van der Waals surface area contributed by atoms with Gasteiger partial charge in [-0.3, -0.25) is 4.79 Å². The van der Waals surface area contributed by atoms with Gasteiger partial charge in [0.1, 0.15) is 5.75 Å². The van der Waals surface area contributed by atoms with E-state index in [1.54, 1.807) is 18.2 Å². The van der Waals surface area contributed by atoms with Crippen LogP contribution in [0.2, 0.25) is 0 Å². The molecule has 0 aliphatic heterocycles. The highest BCUT2D eigenvalue weighted by Gasteiger charge is 2.09. The van der Waals surface area contributed by atoms with E-state index in [9.17, 15) is 4.79 Å². The second-order valence-corrected chi connectivity index (χ2v) is 5.89. The Morgan fingerprint density at radius 2 is 1.95 bits per heavy atom. The first-order valence-corrected chi connectivity index (χ1v) is 7.20. The van der Waals surface area contributed by atoms with E-state index in [0.29, 0.717) is 42.0 Å². The maximum Gasteiger partial charge on any atom is 0.251 e. The fraction of sp³-hybridized carbons (Fsp3) is 0.562. The summed E-state index contributed by atoms with van der Waals surface area (Å²) in [5.74, 6) is 1.57. The zero-order chi connectivity index (χ0) is 15.1. The molecule has 0 fully saturated rings. The SMILES string of the molecule is CC(C)CCOc1ccc(C(=O)NCC(C)C)cc1N. The molecule has 0 radical (unpaired) electrons. The van der Waals surface area contributed by atoms with Crippen molar-refractivity contribution in [3.8, 4) is 5.75 Å². The van der Waals surface area contributed by atoms with E-state index < -0.39 is 0 Å². The number of nitrogen functional groups attached to an aromatic ring is 1. The Morgan fingerprint density at radius 3 is 2.50 bits per heavy atom. The molecule has 0 saturated heterocycles. The molecule has 1 rings (SSSR count). The minimum absolute atomic E-state index is 0.0980. The predicted molar refractivity (Wildman–Crippen MR) is 83.0 cm³/mol. The molecular weight excluding hydrogens is 252 g/mol. The summed E-state index contributed by atoms with van der Waals surface area (Å²) in [6, 6.07) is 5.18. The second kappa shape index (κ2) is 7.78. The van der Waals surface area contributed by atoms with E-state index in [0.717, 1.165) is 6.42 Å². The third-order valence-corrected chi connectivity index (χ3v) is 2.90. The van der Waals surface area contributed by atoms with Gasteiger partial charge in [0, 0.05) is 12.1 Å². The van der Waals surface area contributed by atoms with Gasteiger partial charge in [-0.25, -0.2) is 0 Å². The number of nitrogens with two attached hydrogens (primary N) is 1. The maximum atomic E-state index is 11.9. The Morgan fingerprint density at radius 1 is 1.25 bits per heavy atom. The van der Waals surface area contributed by atoms with Gasteiger partial charge in [0.25, 0.3) is 5.91 Å². The lowest BCUT2D eigenvalue weighted by atomic mass is 10.1. The zero-order valence-corrected chi connectivity index (χ0v) is 12.9. The number of rotatable bonds is 7. The van der Waals surface area contributed by atoms with Crippen molar-refractivity contribution in [2.75, 3.05) is 18.9 Å². The van der Waals surface area contributed by atoms with E-state index >= 15 is 0 Å². The number of hydrogen-bond donors (Lipinski definition) is 2. The Kier molecular flexibility index (Phi) is 6.36. The second-order valence-electron chi connectivity index (χ2n) is 5.89. The molecule has 0 aromatic heterocycles. The van der Waals surface area contributed by atoms with Gasteiger partial charge in [-0.2, -0.15) is 0 Å². The maximum absolute atomic E-state index is 11.9. The van der Waals surface area contributed by atoms with Crippen LogP contribution in [-0.2, 0) is 0 Å². The lowest BCUT2D eigenvalue weighted by Gasteiger charge is -2.12. The Balaban J connectivity index is 2.60. The molecule has 0 saturated carbocycles. The van der Waals surface area contributed by atoms with Gasteiger partial charge in [0.05, 0.1) is 12.3 Å². The minimum atomic E-state index is -0.0980. The van der Waals surface area contributed by atoms with Gasteiger partial charge in [-0.1, -0.05) is 27.7 Å². The van der Waals surface area contributed by atoms with Gasteiger partial charge in [-0.15, -0.1) is 0 Å². The number of carbonyl (C=O) groups excluding carboxylic acids is 1. The predicted octanol–water partition coefficient (Wildman–Crippen LogP) is 3.08. The number of amides is 1. The third kappa shape index (κ3) is 5.51. The van der Waals surface area contributed by atoms with E-state index in [1.807, 2.05) is 0 Å². The molecular formula is C16H26N2O2. The molecule has 1 amide bonds. The molecule has 0 spiro atoms. The Hall–Kier alpha value is -1.71. The first-order valence-electron chi connectivity index (χ1n) is 7.20. The highest BCUT2D eigenvalue weighted by molar-refractivity contribution is 5.95. The van der Waals surface area contributed by atoms with E-state index in [4.69, 9.17) is 10.5 Å². The summed E-state index contributed by atoms with van der Waals surface area (Å²) in [5.41, 5.74) is 7.00. The van der Waals surface area contributed by atoms with Crippen molar-refractivity contribution in [3.05, 3.63) is 23.8 Å². The minimum Gasteiger partial charge on any atom is -0.491 e. The van der Waals surface area contributed by atoms with Crippen molar-refractivity contribution in [2.45, 2.75) is 34.1 Å². The zero-order valence-electron chi connectivity index (χ0n) is 12.9. The third-order valence-electron chi connectivity index (χ3n) is 2.90. The van der Waals surface area contributed by atoms with Crippen molar-refractivity contribution in [1.82, 2.24) is 5.32 Å². The number of hydrogen-bond acceptors (Lipinski definition) is 3. The largest absolute Gasteiger partial charge is 0.491 e. The fourth-order valence-corrected chi connectivity index (χ4v) is 1.62. The van der Waals surface area contributed by atoms with Crippen LogP contribution < -0.4 is 15.8 Å². The summed E-state index contributed by atoms with van der Waals surface area (Å²) in [7, 11) is 0. The van der Waals surface area contributed by atoms with Gasteiger partial charge in [0.2, 0.25) is 0 Å². The van der Waals surface area contributed by atoms with Crippen molar-refractivity contribution in [3.63, 3.8) is 0 Å². The van der Waals surface area contributed by atoms with E-state index in [-0.39, 0.29) is 5.91 Å². The summed E-state index contributed by atoms with van der Waals surface area (Å²) < 4.78 is 5.62. The number of nitrogens with one attached hydrogen (secondary N) is 1. The van der Waals surface area contributed by atoms with Crippen molar-refractivity contribution in [2.24, 2.45) is 11.8 Å². The van der Waals surface area contributed by atoms with E-state index in [2.05, 4.69) is 33.0 Å². The van der Waals surface area contributed by atoms with Crippen molar-refractivity contribution >= 4 is 11.6 Å². The first kappa shape index (κ1) is 16.3. The van der Waals surface area contributed by atoms with Crippen LogP contribution in [0.5, 0.6) is 5.75 Å². The van der Waals surface area contributed by atoms with Gasteiger partial charge in [0.15, 0.2) is 0 Å². The van der Waals surface area contributed by atoms with Crippen LogP contribution >= 0.6 is 0 Å². The molecule has 0 atom stereocenters. The van der Waals surface area contributed by atoms with Crippen molar-refractivity contribution < 1.29 is 9.53 Å². The lowest BCUT2D eigenvalue weighted by molar-refractivity contribution is 0.0949. The van der Waals surface area contributed by atoms with Crippen LogP contribution in [0.1, 0.15) is 44.5 Å². The Bertz CT molecular complexity index is 442. The molecule has 112 valence electrons. The van der Waals surface area contributed by atoms with Gasteiger partial charge in [-0.05, 0) is 36.5 Å². The van der Waals surface area contributed by atoms with Crippen LogP contribution in [0.25, 0.3) is 0 Å². The molecule has 1 aromatic carbocycles. The molecule has 20 heavy (non-hydrogen) atoms. The summed E-state index contributed by atoms with van der Waals surface area (Å²) in [4.78, 5) is 11.9. The van der Waals surface area contributed by atoms with Crippen LogP contribution in [0, 0.1) is 11.8 Å². The highest BCUT2D eigenvalue weighted by Crippen LogP contribution is 2.23. The summed E-state index contributed by atoms with van der Waals surface area (Å²) >= 11 is 0. The number of anilines is 1. The molecule has 4 nitrogen and oxygen atoms in total. The lowest BCUT2D eigenvalue weighted by Crippen LogP contribution is -2.27. The first-order chi connectivity index (χ1) is 9.40. The fourth-order valence-electron chi connectivity index (χ4n) is 1.62.